The molecule has 28 heavy (non-hydrogen) atoms. The lowest BCUT2D eigenvalue weighted by atomic mass is 9.93. The third-order valence-corrected chi connectivity index (χ3v) is 4.43. The fraction of sp³-hybridized carbons (Fsp3) is 0.217. The number of phenols is 1. The second-order valence-corrected chi connectivity index (χ2v) is 7.60. The van der Waals surface area contributed by atoms with Crippen LogP contribution >= 0.6 is 8.38 Å². The third kappa shape index (κ3) is 6.07. The van der Waals surface area contributed by atoms with E-state index in [1.54, 1.807) is 13.2 Å². The highest BCUT2D eigenvalue weighted by molar-refractivity contribution is 7.44. The standard InChI is InChI=1S/C22H22O2.CH5O2P/c1-15-11-19(24-3)12-16(2)20(15)13-17-9-10-22(23)21(14-17)18-7-5-4-6-8-18;1-4(2)3/h4-12,14,23H,13H2,1-3H3;2-3H,1H3. The first-order valence-corrected chi connectivity index (χ1v) is 10.6. The Morgan fingerprint density at radius 1 is 0.893 bits per heavy atom. The Bertz CT molecular complexity index is 882. The third-order valence-electron chi connectivity index (χ3n) is 4.43. The van der Waals surface area contributed by atoms with Crippen molar-refractivity contribution in [3.05, 3.63) is 82.9 Å². The van der Waals surface area contributed by atoms with Gasteiger partial charge in [0.15, 0.2) is 8.38 Å². The van der Waals surface area contributed by atoms with E-state index in [2.05, 4.69) is 32.0 Å². The maximum atomic E-state index is 10.2. The summed E-state index contributed by atoms with van der Waals surface area (Å²) in [6.07, 6.45) is 0.835. The molecule has 0 fully saturated rings. The summed E-state index contributed by atoms with van der Waals surface area (Å²) in [7, 11) is 0.0741. The average Bonchev–Trinajstić information content (AvgIpc) is 2.66. The smallest absolute Gasteiger partial charge is 0.161 e. The van der Waals surface area contributed by atoms with Crippen molar-refractivity contribution in [3.8, 4) is 22.6 Å². The highest BCUT2D eigenvalue weighted by Crippen LogP contribution is 2.31. The molecule has 3 aromatic rings. The number of rotatable bonds is 4. The van der Waals surface area contributed by atoms with Gasteiger partial charge in [-0.05, 0) is 72.4 Å². The Kier molecular flexibility index (Phi) is 8.01. The number of ether oxygens (including phenoxy) is 1. The van der Waals surface area contributed by atoms with Crippen LogP contribution in [-0.2, 0) is 6.42 Å². The summed E-state index contributed by atoms with van der Waals surface area (Å²) in [5, 5.41) is 10.2. The number of methoxy groups -OCH3 is 1. The number of hydrogen-bond acceptors (Lipinski definition) is 4. The lowest BCUT2D eigenvalue weighted by molar-refractivity contribution is 0.414. The van der Waals surface area contributed by atoms with Gasteiger partial charge in [0, 0.05) is 12.2 Å². The van der Waals surface area contributed by atoms with Gasteiger partial charge >= 0.3 is 0 Å². The molecule has 0 unspecified atom stereocenters. The summed E-state index contributed by atoms with van der Waals surface area (Å²) in [4.78, 5) is 15.4. The zero-order valence-electron chi connectivity index (χ0n) is 16.7. The van der Waals surface area contributed by atoms with Crippen molar-refractivity contribution < 1.29 is 19.6 Å². The monoisotopic (exact) mass is 398 g/mol. The number of aryl methyl sites for hydroxylation is 2. The molecule has 4 nitrogen and oxygen atoms in total. The Morgan fingerprint density at radius 3 is 2.00 bits per heavy atom. The van der Waals surface area contributed by atoms with E-state index in [9.17, 15) is 5.11 Å². The van der Waals surface area contributed by atoms with E-state index in [-0.39, 0.29) is 0 Å². The number of benzene rings is 3. The van der Waals surface area contributed by atoms with Crippen LogP contribution in [-0.4, -0.2) is 28.7 Å². The maximum absolute atomic E-state index is 10.2. The van der Waals surface area contributed by atoms with Crippen molar-refractivity contribution in [1.29, 1.82) is 0 Å². The van der Waals surface area contributed by atoms with Crippen LogP contribution in [0.5, 0.6) is 11.5 Å². The van der Waals surface area contributed by atoms with E-state index in [1.165, 1.54) is 28.9 Å². The molecular weight excluding hydrogens is 371 g/mol. The van der Waals surface area contributed by atoms with Crippen LogP contribution in [0.4, 0.5) is 0 Å². The number of hydrogen-bond donors (Lipinski definition) is 3. The van der Waals surface area contributed by atoms with E-state index in [0.717, 1.165) is 23.3 Å². The molecule has 0 saturated heterocycles. The van der Waals surface area contributed by atoms with Gasteiger partial charge in [-0.15, -0.1) is 0 Å². The van der Waals surface area contributed by atoms with Gasteiger partial charge in [-0.2, -0.15) is 0 Å². The number of phenolic OH excluding ortho intramolecular Hbond substituents is 1. The maximum Gasteiger partial charge on any atom is 0.161 e. The summed E-state index contributed by atoms with van der Waals surface area (Å²) in [6, 6.07) is 20.0. The first-order chi connectivity index (χ1) is 13.3. The average molecular weight is 398 g/mol. The van der Waals surface area contributed by atoms with Crippen molar-refractivity contribution in [2.45, 2.75) is 20.3 Å². The first-order valence-electron chi connectivity index (χ1n) is 8.94. The van der Waals surface area contributed by atoms with Gasteiger partial charge in [0.05, 0.1) is 7.11 Å². The molecule has 3 rings (SSSR count). The van der Waals surface area contributed by atoms with Crippen LogP contribution in [0.3, 0.4) is 0 Å². The lowest BCUT2D eigenvalue weighted by Crippen LogP contribution is -1.97. The molecule has 0 bridgehead atoms. The highest BCUT2D eigenvalue weighted by atomic mass is 31.2. The second-order valence-electron chi connectivity index (χ2n) is 6.62. The molecule has 0 aliphatic rings. The van der Waals surface area contributed by atoms with Crippen LogP contribution in [0, 0.1) is 13.8 Å². The molecule has 0 heterocycles. The van der Waals surface area contributed by atoms with Crippen LogP contribution < -0.4 is 4.74 Å². The van der Waals surface area contributed by atoms with Crippen molar-refractivity contribution >= 4 is 8.38 Å². The molecule has 0 spiro atoms. The minimum absolute atomic E-state index is 0.313. The minimum atomic E-state index is -1.62. The minimum Gasteiger partial charge on any atom is -0.507 e. The quantitative estimate of drug-likeness (QED) is 0.529. The normalized spacial score (nSPS) is 10.4. The Labute approximate surface area is 168 Å². The summed E-state index contributed by atoms with van der Waals surface area (Å²) < 4.78 is 5.34. The summed E-state index contributed by atoms with van der Waals surface area (Å²) in [6.45, 7) is 5.57. The first kappa shape index (κ1) is 21.9. The summed E-state index contributed by atoms with van der Waals surface area (Å²) >= 11 is 0. The molecule has 5 heteroatoms. The predicted molar refractivity (Wildman–Crippen MR) is 116 cm³/mol. The molecule has 3 N–H and O–H groups in total. The fourth-order valence-electron chi connectivity index (χ4n) is 3.10. The SMILES string of the molecule is COc1cc(C)c(Cc2ccc(O)c(-c3ccccc3)c2)c(C)c1.CP(O)O. The number of aromatic hydroxyl groups is 1. The molecule has 0 amide bonds. The molecular formula is C23H27O4P. The molecule has 0 radical (unpaired) electrons. The van der Waals surface area contributed by atoms with E-state index in [4.69, 9.17) is 14.5 Å². The zero-order chi connectivity index (χ0) is 20.7. The topological polar surface area (TPSA) is 69.9 Å². The summed E-state index contributed by atoms with van der Waals surface area (Å²) in [5.74, 6) is 1.21. The van der Waals surface area contributed by atoms with Crippen molar-refractivity contribution in [1.82, 2.24) is 0 Å². The van der Waals surface area contributed by atoms with Crippen LogP contribution in [0.25, 0.3) is 11.1 Å². The van der Waals surface area contributed by atoms with Crippen LogP contribution in [0.2, 0.25) is 0 Å². The van der Waals surface area contributed by atoms with Gasteiger partial charge in [0.25, 0.3) is 0 Å². The van der Waals surface area contributed by atoms with Crippen molar-refractivity contribution in [3.63, 3.8) is 0 Å². The van der Waals surface area contributed by atoms with Gasteiger partial charge < -0.3 is 19.6 Å². The molecule has 0 saturated carbocycles. The Morgan fingerprint density at radius 2 is 1.46 bits per heavy atom. The van der Waals surface area contributed by atoms with Crippen molar-refractivity contribution in [2.24, 2.45) is 0 Å². The highest BCUT2D eigenvalue weighted by Gasteiger charge is 2.10. The largest absolute Gasteiger partial charge is 0.507 e. The van der Waals surface area contributed by atoms with E-state index in [1.807, 2.05) is 36.4 Å². The Balaban J connectivity index is 0.000000640. The van der Waals surface area contributed by atoms with E-state index < -0.39 is 8.38 Å². The summed E-state index contributed by atoms with van der Waals surface area (Å²) in [5.41, 5.74) is 6.84. The fourth-order valence-corrected chi connectivity index (χ4v) is 3.10. The van der Waals surface area contributed by atoms with Gasteiger partial charge in [-0.25, -0.2) is 0 Å². The molecule has 0 aliphatic heterocycles. The van der Waals surface area contributed by atoms with Gasteiger partial charge in [0.1, 0.15) is 11.5 Å². The zero-order valence-corrected chi connectivity index (χ0v) is 17.6. The second kappa shape index (κ2) is 10.2. The molecule has 148 valence electrons. The van der Waals surface area contributed by atoms with Crippen LogP contribution in [0.1, 0.15) is 22.3 Å². The van der Waals surface area contributed by atoms with Gasteiger partial charge in [-0.1, -0.05) is 36.4 Å². The van der Waals surface area contributed by atoms with Gasteiger partial charge in [0.2, 0.25) is 0 Å². The Hall–Kier alpha value is -2.39. The molecule has 3 aromatic carbocycles. The van der Waals surface area contributed by atoms with Gasteiger partial charge in [-0.3, -0.25) is 0 Å². The lowest BCUT2D eigenvalue weighted by Gasteiger charge is -2.14. The molecule has 0 aromatic heterocycles. The predicted octanol–water partition coefficient (Wildman–Crippen LogP) is 5.19. The van der Waals surface area contributed by atoms with E-state index >= 15 is 0 Å². The van der Waals surface area contributed by atoms with Crippen LogP contribution in [0.15, 0.2) is 60.7 Å². The van der Waals surface area contributed by atoms with E-state index in [0.29, 0.717) is 5.75 Å². The van der Waals surface area contributed by atoms with Crippen molar-refractivity contribution in [2.75, 3.05) is 13.8 Å². The molecule has 0 aliphatic carbocycles. The molecule has 0 atom stereocenters.